The number of amides is 1. The van der Waals surface area contributed by atoms with Crippen LogP contribution in [0.3, 0.4) is 0 Å². The summed E-state index contributed by atoms with van der Waals surface area (Å²) in [6.45, 7) is 4.77. The average Bonchev–Trinajstić information content (AvgIpc) is 2.70. The minimum absolute atomic E-state index is 0.215. The van der Waals surface area contributed by atoms with Gasteiger partial charge in [0.15, 0.2) is 0 Å². The van der Waals surface area contributed by atoms with E-state index in [1.54, 1.807) is 24.8 Å². The van der Waals surface area contributed by atoms with E-state index in [0.717, 1.165) is 37.2 Å². The van der Waals surface area contributed by atoms with Gasteiger partial charge < -0.3 is 19.9 Å². The van der Waals surface area contributed by atoms with E-state index >= 15 is 0 Å². The molecule has 1 atom stereocenters. The number of nitrogens with zero attached hydrogens (tertiary/aromatic N) is 1. The lowest BCUT2D eigenvalue weighted by atomic mass is 9.99. The van der Waals surface area contributed by atoms with E-state index in [-0.39, 0.29) is 17.0 Å². The standard InChI is InChI=1S/C21H27N3O3/c1-15-9-11-24(14-17-4-3-10-22-12-17)21(26)19(15)20(25)23-13-16-5-7-18(27-2)8-6-16/h5-9,11,17,22H,3-4,10,12-14H2,1-2H3,(H,23,25). The first-order chi connectivity index (χ1) is 13.1. The predicted molar refractivity (Wildman–Crippen MR) is 105 cm³/mol. The summed E-state index contributed by atoms with van der Waals surface area (Å²) in [5.41, 5.74) is 1.67. The maximum absolute atomic E-state index is 12.9. The fraction of sp³-hybridized carbons (Fsp3) is 0.429. The zero-order valence-electron chi connectivity index (χ0n) is 16.0. The normalized spacial score (nSPS) is 16.7. The van der Waals surface area contributed by atoms with Crippen LogP contribution in [0.25, 0.3) is 0 Å². The van der Waals surface area contributed by atoms with Crippen molar-refractivity contribution in [3.8, 4) is 5.75 Å². The summed E-state index contributed by atoms with van der Waals surface area (Å²) in [6, 6.07) is 9.33. The number of pyridine rings is 1. The Morgan fingerprint density at radius 2 is 2.07 bits per heavy atom. The molecule has 3 rings (SSSR count). The maximum atomic E-state index is 12.9. The van der Waals surface area contributed by atoms with Crippen LogP contribution in [-0.4, -0.2) is 30.7 Å². The van der Waals surface area contributed by atoms with Gasteiger partial charge in [0, 0.05) is 19.3 Å². The summed E-state index contributed by atoms with van der Waals surface area (Å²) in [6.07, 6.45) is 4.03. The largest absolute Gasteiger partial charge is 0.497 e. The lowest BCUT2D eigenvalue weighted by Crippen LogP contribution is -2.37. The number of carbonyl (C=O) groups excluding carboxylic acids is 1. The Hall–Kier alpha value is -2.60. The average molecular weight is 369 g/mol. The fourth-order valence-corrected chi connectivity index (χ4v) is 3.46. The van der Waals surface area contributed by atoms with Crippen molar-refractivity contribution in [3.05, 3.63) is 63.6 Å². The second-order valence-electron chi connectivity index (χ2n) is 7.07. The molecule has 2 heterocycles. The van der Waals surface area contributed by atoms with Gasteiger partial charge in [-0.25, -0.2) is 0 Å². The minimum Gasteiger partial charge on any atom is -0.497 e. The third-order valence-electron chi connectivity index (χ3n) is 5.07. The molecule has 0 saturated carbocycles. The van der Waals surface area contributed by atoms with Gasteiger partial charge >= 0.3 is 0 Å². The SMILES string of the molecule is COc1ccc(CNC(=O)c2c(C)ccn(CC3CCCNC3)c2=O)cc1. The number of ether oxygens (including phenoxy) is 1. The van der Waals surface area contributed by atoms with Gasteiger partial charge in [0.1, 0.15) is 11.3 Å². The number of piperidine rings is 1. The van der Waals surface area contributed by atoms with Crippen LogP contribution in [0.4, 0.5) is 0 Å². The van der Waals surface area contributed by atoms with Crippen molar-refractivity contribution in [3.63, 3.8) is 0 Å². The molecule has 0 radical (unpaired) electrons. The van der Waals surface area contributed by atoms with E-state index in [0.29, 0.717) is 24.6 Å². The van der Waals surface area contributed by atoms with Gasteiger partial charge in [-0.15, -0.1) is 0 Å². The topological polar surface area (TPSA) is 72.4 Å². The Kier molecular flexibility index (Phi) is 6.29. The Morgan fingerprint density at radius 3 is 2.74 bits per heavy atom. The van der Waals surface area contributed by atoms with Gasteiger partial charge in [-0.3, -0.25) is 9.59 Å². The van der Waals surface area contributed by atoms with Crippen LogP contribution in [0.1, 0.15) is 34.3 Å². The zero-order chi connectivity index (χ0) is 19.2. The number of hydrogen-bond donors (Lipinski definition) is 2. The van der Waals surface area contributed by atoms with Crippen LogP contribution in [0.5, 0.6) is 5.75 Å². The quantitative estimate of drug-likeness (QED) is 0.818. The smallest absolute Gasteiger partial charge is 0.263 e. The van der Waals surface area contributed by atoms with Gasteiger partial charge in [0.05, 0.1) is 7.11 Å². The molecule has 1 aliphatic rings. The van der Waals surface area contributed by atoms with E-state index in [1.165, 1.54) is 0 Å². The molecular formula is C21H27N3O3. The molecular weight excluding hydrogens is 342 g/mol. The number of benzene rings is 1. The molecule has 0 bridgehead atoms. The second-order valence-corrected chi connectivity index (χ2v) is 7.07. The number of carbonyl (C=O) groups is 1. The highest BCUT2D eigenvalue weighted by Gasteiger charge is 2.19. The van der Waals surface area contributed by atoms with Crippen molar-refractivity contribution in [2.75, 3.05) is 20.2 Å². The number of aryl methyl sites for hydroxylation is 1. The number of hydrogen-bond acceptors (Lipinski definition) is 4. The first kappa shape index (κ1) is 19.2. The second kappa shape index (κ2) is 8.86. The third-order valence-corrected chi connectivity index (χ3v) is 5.07. The summed E-state index contributed by atoms with van der Waals surface area (Å²) in [5, 5.41) is 6.23. The Bertz CT molecular complexity index is 837. The van der Waals surface area contributed by atoms with Crippen LogP contribution in [0.2, 0.25) is 0 Å². The molecule has 0 aliphatic carbocycles. The van der Waals surface area contributed by atoms with E-state index in [2.05, 4.69) is 10.6 Å². The Morgan fingerprint density at radius 1 is 1.30 bits per heavy atom. The molecule has 1 aliphatic heterocycles. The Labute approximate surface area is 159 Å². The molecule has 1 amide bonds. The van der Waals surface area contributed by atoms with E-state index in [1.807, 2.05) is 30.3 Å². The molecule has 1 aromatic heterocycles. The maximum Gasteiger partial charge on any atom is 0.263 e. The number of methoxy groups -OCH3 is 1. The van der Waals surface area contributed by atoms with Crippen molar-refractivity contribution >= 4 is 5.91 Å². The highest BCUT2D eigenvalue weighted by molar-refractivity contribution is 5.95. The van der Waals surface area contributed by atoms with E-state index in [9.17, 15) is 9.59 Å². The van der Waals surface area contributed by atoms with Gasteiger partial charge in [-0.1, -0.05) is 12.1 Å². The van der Waals surface area contributed by atoms with Crippen molar-refractivity contribution in [1.29, 1.82) is 0 Å². The lowest BCUT2D eigenvalue weighted by molar-refractivity contribution is 0.0948. The third kappa shape index (κ3) is 4.77. The van der Waals surface area contributed by atoms with Crippen LogP contribution in [0, 0.1) is 12.8 Å². The molecule has 6 nitrogen and oxygen atoms in total. The summed E-state index contributed by atoms with van der Waals surface area (Å²) in [4.78, 5) is 25.5. The molecule has 1 fully saturated rings. The predicted octanol–water partition coefficient (Wildman–Crippen LogP) is 2.09. The van der Waals surface area contributed by atoms with Crippen molar-refractivity contribution in [2.24, 2.45) is 5.92 Å². The number of rotatable bonds is 6. The lowest BCUT2D eigenvalue weighted by Gasteiger charge is -2.23. The number of nitrogens with one attached hydrogen (secondary N) is 2. The van der Waals surface area contributed by atoms with Crippen molar-refractivity contribution in [2.45, 2.75) is 32.9 Å². The first-order valence-electron chi connectivity index (χ1n) is 9.40. The molecule has 1 saturated heterocycles. The van der Waals surface area contributed by atoms with E-state index < -0.39 is 0 Å². The fourth-order valence-electron chi connectivity index (χ4n) is 3.46. The number of aromatic nitrogens is 1. The minimum atomic E-state index is -0.329. The highest BCUT2D eigenvalue weighted by Crippen LogP contribution is 2.13. The molecule has 2 aromatic rings. The van der Waals surface area contributed by atoms with Gasteiger partial charge in [-0.05, 0) is 68.1 Å². The summed E-state index contributed by atoms with van der Waals surface area (Å²) in [7, 11) is 1.61. The monoisotopic (exact) mass is 369 g/mol. The van der Waals surface area contributed by atoms with Crippen molar-refractivity contribution < 1.29 is 9.53 Å². The molecule has 144 valence electrons. The Balaban J connectivity index is 1.71. The van der Waals surface area contributed by atoms with Crippen LogP contribution < -0.4 is 20.9 Å². The van der Waals surface area contributed by atoms with Gasteiger partial charge in [0.2, 0.25) is 0 Å². The van der Waals surface area contributed by atoms with Crippen LogP contribution >= 0.6 is 0 Å². The van der Waals surface area contributed by atoms with Gasteiger partial charge in [-0.2, -0.15) is 0 Å². The van der Waals surface area contributed by atoms with Crippen LogP contribution in [0.15, 0.2) is 41.3 Å². The molecule has 1 aromatic carbocycles. The van der Waals surface area contributed by atoms with Crippen LogP contribution in [-0.2, 0) is 13.1 Å². The molecule has 27 heavy (non-hydrogen) atoms. The molecule has 2 N–H and O–H groups in total. The summed E-state index contributed by atoms with van der Waals surface area (Å²) >= 11 is 0. The molecule has 6 heteroatoms. The van der Waals surface area contributed by atoms with E-state index in [4.69, 9.17) is 4.74 Å². The summed E-state index contributed by atoms with van der Waals surface area (Å²) < 4.78 is 6.81. The van der Waals surface area contributed by atoms with Crippen molar-refractivity contribution in [1.82, 2.24) is 15.2 Å². The molecule has 0 spiro atoms. The summed E-state index contributed by atoms with van der Waals surface area (Å²) in [5.74, 6) is 0.864. The first-order valence-corrected chi connectivity index (χ1v) is 9.40. The molecule has 1 unspecified atom stereocenters. The highest BCUT2D eigenvalue weighted by atomic mass is 16.5. The zero-order valence-corrected chi connectivity index (χ0v) is 16.0. The van der Waals surface area contributed by atoms with Gasteiger partial charge in [0.25, 0.3) is 11.5 Å².